The summed E-state index contributed by atoms with van der Waals surface area (Å²) in [5, 5.41) is 3.31. The summed E-state index contributed by atoms with van der Waals surface area (Å²) in [6.45, 7) is 5.81. The van der Waals surface area contributed by atoms with Crippen molar-refractivity contribution in [2.75, 3.05) is 26.3 Å². The lowest BCUT2D eigenvalue weighted by atomic mass is 10.2. The predicted molar refractivity (Wildman–Crippen MR) is 59.3 cm³/mol. The van der Waals surface area contributed by atoms with Gasteiger partial charge in [0.25, 0.3) is 0 Å². The van der Waals surface area contributed by atoms with Crippen LogP contribution in [0.5, 0.6) is 0 Å². The van der Waals surface area contributed by atoms with Gasteiger partial charge in [-0.25, -0.2) is 0 Å². The molecule has 0 aromatic carbocycles. The van der Waals surface area contributed by atoms with Gasteiger partial charge in [-0.1, -0.05) is 13.3 Å². The Morgan fingerprint density at radius 3 is 2.93 bits per heavy atom. The van der Waals surface area contributed by atoms with Crippen LogP contribution in [-0.4, -0.2) is 32.3 Å². The fourth-order valence-corrected chi connectivity index (χ4v) is 1.44. The molecule has 0 radical (unpaired) electrons. The highest BCUT2D eigenvalue weighted by Gasteiger charge is 2.20. The first kappa shape index (κ1) is 12.0. The largest absolute Gasteiger partial charge is 0.380 e. The average Bonchev–Trinajstić information content (AvgIpc) is 2.95. The number of hydrogen-bond acceptors (Lipinski definition) is 3. The van der Waals surface area contributed by atoms with Crippen molar-refractivity contribution in [1.82, 2.24) is 5.32 Å². The van der Waals surface area contributed by atoms with E-state index >= 15 is 0 Å². The molecule has 1 aliphatic rings. The summed E-state index contributed by atoms with van der Waals surface area (Å²) in [6.07, 6.45) is 5.01. The second-order valence-electron chi connectivity index (χ2n) is 4.27. The fourth-order valence-electron chi connectivity index (χ4n) is 1.44. The van der Waals surface area contributed by atoms with E-state index in [9.17, 15) is 0 Å². The van der Waals surface area contributed by atoms with E-state index in [1.807, 2.05) is 0 Å². The van der Waals surface area contributed by atoms with Crippen LogP contribution in [-0.2, 0) is 4.74 Å². The van der Waals surface area contributed by atoms with Crippen molar-refractivity contribution in [2.24, 2.45) is 11.7 Å². The molecule has 0 amide bonds. The van der Waals surface area contributed by atoms with Crippen molar-refractivity contribution in [2.45, 2.75) is 38.6 Å². The molecule has 0 aliphatic heterocycles. The first-order valence-electron chi connectivity index (χ1n) is 5.87. The summed E-state index contributed by atoms with van der Waals surface area (Å²) in [4.78, 5) is 0. The number of hydrogen-bond donors (Lipinski definition) is 2. The van der Waals surface area contributed by atoms with Crippen molar-refractivity contribution in [3.05, 3.63) is 0 Å². The van der Waals surface area contributed by atoms with Crippen molar-refractivity contribution >= 4 is 0 Å². The van der Waals surface area contributed by atoms with Gasteiger partial charge in [0.15, 0.2) is 0 Å². The first-order chi connectivity index (χ1) is 6.83. The van der Waals surface area contributed by atoms with Gasteiger partial charge < -0.3 is 15.8 Å². The number of ether oxygens (including phenoxy) is 1. The Hall–Kier alpha value is -0.120. The van der Waals surface area contributed by atoms with Gasteiger partial charge in [0.1, 0.15) is 0 Å². The summed E-state index contributed by atoms with van der Waals surface area (Å²) in [6, 6.07) is 0.309. The Morgan fingerprint density at radius 2 is 2.29 bits per heavy atom. The van der Waals surface area contributed by atoms with Crippen LogP contribution in [0.1, 0.15) is 32.6 Å². The van der Waals surface area contributed by atoms with E-state index in [0.717, 1.165) is 38.6 Å². The Kier molecular flexibility index (Phi) is 6.15. The zero-order valence-electron chi connectivity index (χ0n) is 9.30. The monoisotopic (exact) mass is 200 g/mol. The number of nitrogens with two attached hydrogens (primary N) is 1. The molecule has 0 aromatic heterocycles. The number of nitrogens with one attached hydrogen (secondary N) is 1. The molecule has 1 rings (SSSR count). The molecule has 1 saturated carbocycles. The molecule has 0 aromatic rings. The summed E-state index contributed by atoms with van der Waals surface area (Å²) >= 11 is 0. The predicted octanol–water partition coefficient (Wildman–Crippen LogP) is 1.13. The van der Waals surface area contributed by atoms with Crippen LogP contribution in [0.2, 0.25) is 0 Å². The average molecular weight is 200 g/mol. The minimum atomic E-state index is 0.309. The summed E-state index contributed by atoms with van der Waals surface area (Å²) in [5.41, 5.74) is 5.85. The topological polar surface area (TPSA) is 47.3 Å². The molecule has 3 nitrogen and oxygen atoms in total. The Bertz CT molecular complexity index is 137. The normalized spacial score (nSPS) is 18.4. The molecule has 1 atom stereocenters. The SMILES string of the molecule is CCCC(N)CNCCOCC1CC1. The molecule has 0 saturated heterocycles. The third-order valence-electron chi connectivity index (χ3n) is 2.54. The first-order valence-corrected chi connectivity index (χ1v) is 5.87. The summed E-state index contributed by atoms with van der Waals surface area (Å²) < 4.78 is 5.50. The second-order valence-corrected chi connectivity index (χ2v) is 4.27. The van der Waals surface area contributed by atoms with Crippen LogP contribution < -0.4 is 11.1 Å². The highest BCUT2D eigenvalue weighted by atomic mass is 16.5. The van der Waals surface area contributed by atoms with Crippen molar-refractivity contribution in [3.8, 4) is 0 Å². The smallest absolute Gasteiger partial charge is 0.0591 e. The Balaban J connectivity index is 1.74. The molecule has 0 heterocycles. The van der Waals surface area contributed by atoms with Gasteiger partial charge in [0.05, 0.1) is 6.61 Å². The van der Waals surface area contributed by atoms with E-state index in [1.165, 1.54) is 19.3 Å². The van der Waals surface area contributed by atoms with Crippen LogP contribution in [0.3, 0.4) is 0 Å². The van der Waals surface area contributed by atoms with Gasteiger partial charge in [0.2, 0.25) is 0 Å². The Morgan fingerprint density at radius 1 is 1.50 bits per heavy atom. The van der Waals surface area contributed by atoms with Gasteiger partial charge in [0, 0.05) is 25.7 Å². The van der Waals surface area contributed by atoms with Crippen LogP contribution in [0.15, 0.2) is 0 Å². The fraction of sp³-hybridized carbons (Fsp3) is 1.00. The highest BCUT2D eigenvalue weighted by molar-refractivity contribution is 4.72. The maximum Gasteiger partial charge on any atom is 0.0591 e. The van der Waals surface area contributed by atoms with Gasteiger partial charge in [-0.2, -0.15) is 0 Å². The maximum atomic E-state index is 5.85. The molecule has 1 aliphatic carbocycles. The van der Waals surface area contributed by atoms with Crippen LogP contribution >= 0.6 is 0 Å². The van der Waals surface area contributed by atoms with Gasteiger partial charge in [-0.05, 0) is 25.2 Å². The lowest BCUT2D eigenvalue weighted by Crippen LogP contribution is -2.35. The maximum absolute atomic E-state index is 5.85. The van der Waals surface area contributed by atoms with E-state index in [-0.39, 0.29) is 0 Å². The molecule has 1 unspecified atom stereocenters. The van der Waals surface area contributed by atoms with E-state index in [2.05, 4.69) is 12.2 Å². The van der Waals surface area contributed by atoms with E-state index in [1.54, 1.807) is 0 Å². The van der Waals surface area contributed by atoms with Crippen LogP contribution in [0.25, 0.3) is 0 Å². The van der Waals surface area contributed by atoms with Crippen molar-refractivity contribution in [1.29, 1.82) is 0 Å². The van der Waals surface area contributed by atoms with Crippen LogP contribution in [0, 0.1) is 5.92 Å². The Labute approximate surface area is 87.4 Å². The third kappa shape index (κ3) is 6.35. The molecular formula is C11H24N2O. The lowest BCUT2D eigenvalue weighted by molar-refractivity contribution is 0.126. The summed E-state index contributed by atoms with van der Waals surface area (Å²) in [7, 11) is 0. The zero-order valence-corrected chi connectivity index (χ0v) is 9.30. The second kappa shape index (κ2) is 7.21. The van der Waals surface area contributed by atoms with E-state index < -0.39 is 0 Å². The molecule has 0 bridgehead atoms. The molecule has 14 heavy (non-hydrogen) atoms. The standard InChI is InChI=1S/C11H24N2O/c1-2-3-11(12)8-13-6-7-14-9-10-4-5-10/h10-11,13H,2-9,12H2,1H3. The lowest BCUT2D eigenvalue weighted by Gasteiger charge is -2.11. The third-order valence-corrected chi connectivity index (χ3v) is 2.54. The highest BCUT2D eigenvalue weighted by Crippen LogP contribution is 2.28. The minimum absolute atomic E-state index is 0.309. The number of rotatable bonds is 9. The summed E-state index contributed by atoms with van der Waals surface area (Å²) in [5.74, 6) is 0.873. The zero-order chi connectivity index (χ0) is 10.2. The van der Waals surface area contributed by atoms with E-state index in [0.29, 0.717) is 6.04 Å². The molecule has 3 N–H and O–H groups in total. The minimum Gasteiger partial charge on any atom is -0.380 e. The molecule has 0 spiro atoms. The molecular weight excluding hydrogens is 176 g/mol. The van der Waals surface area contributed by atoms with Gasteiger partial charge in [-0.15, -0.1) is 0 Å². The molecule has 84 valence electrons. The van der Waals surface area contributed by atoms with Crippen LogP contribution in [0.4, 0.5) is 0 Å². The van der Waals surface area contributed by atoms with Gasteiger partial charge >= 0.3 is 0 Å². The van der Waals surface area contributed by atoms with Crippen molar-refractivity contribution < 1.29 is 4.74 Å². The van der Waals surface area contributed by atoms with E-state index in [4.69, 9.17) is 10.5 Å². The van der Waals surface area contributed by atoms with Crippen molar-refractivity contribution in [3.63, 3.8) is 0 Å². The molecule has 3 heteroatoms. The van der Waals surface area contributed by atoms with Gasteiger partial charge in [-0.3, -0.25) is 0 Å². The quantitative estimate of drug-likeness (QED) is 0.549. The molecule has 1 fully saturated rings.